The molecule has 0 aliphatic rings. The molecule has 0 saturated heterocycles. The Morgan fingerprint density at radius 2 is 1.80 bits per heavy atom. The zero-order valence-corrected chi connectivity index (χ0v) is 12.2. The first-order valence-electron chi connectivity index (χ1n) is 7.08. The van der Waals surface area contributed by atoms with Gasteiger partial charge in [0.15, 0.2) is 0 Å². The molecule has 0 aliphatic carbocycles. The predicted octanol–water partition coefficient (Wildman–Crippen LogP) is 3.07. The van der Waals surface area contributed by atoms with Crippen molar-refractivity contribution in [3.8, 4) is 0 Å². The van der Waals surface area contributed by atoms with E-state index in [0.29, 0.717) is 13.0 Å². The lowest BCUT2D eigenvalue weighted by molar-refractivity contribution is -0.137. The molecule has 1 rings (SSSR count). The Morgan fingerprint density at radius 1 is 1.10 bits per heavy atom. The second-order valence-corrected chi connectivity index (χ2v) is 5.13. The number of aryl methyl sites for hydroxylation is 2. The standard InChI is InChI=1S/C16H23NO3/c1-12-8-9-13(2)14(11-12)16(20)17-10-6-4-3-5-7-15(18)19/h8-9,11H,3-7,10H2,1-2H3,(H,17,20)(H,18,19). The van der Waals surface area contributed by atoms with Gasteiger partial charge in [-0.05, 0) is 38.3 Å². The average molecular weight is 277 g/mol. The smallest absolute Gasteiger partial charge is 0.303 e. The molecule has 20 heavy (non-hydrogen) atoms. The Morgan fingerprint density at radius 3 is 2.50 bits per heavy atom. The predicted molar refractivity (Wildman–Crippen MR) is 79.0 cm³/mol. The summed E-state index contributed by atoms with van der Waals surface area (Å²) >= 11 is 0. The third-order valence-electron chi connectivity index (χ3n) is 3.24. The van der Waals surface area contributed by atoms with Gasteiger partial charge in [-0.15, -0.1) is 0 Å². The summed E-state index contributed by atoms with van der Waals surface area (Å²) in [6.45, 7) is 4.54. The molecule has 0 radical (unpaired) electrons. The molecular weight excluding hydrogens is 254 g/mol. The molecular formula is C16H23NO3. The normalized spacial score (nSPS) is 10.3. The molecule has 4 nitrogen and oxygen atoms in total. The molecule has 0 aromatic heterocycles. The minimum Gasteiger partial charge on any atom is -0.481 e. The second-order valence-electron chi connectivity index (χ2n) is 5.13. The number of carbonyl (C=O) groups excluding carboxylic acids is 1. The molecule has 0 bridgehead atoms. The molecule has 0 spiro atoms. The van der Waals surface area contributed by atoms with E-state index < -0.39 is 5.97 Å². The quantitative estimate of drug-likeness (QED) is 0.718. The molecule has 0 atom stereocenters. The molecule has 1 amide bonds. The number of hydrogen-bond acceptors (Lipinski definition) is 2. The van der Waals surface area contributed by atoms with Crippen LogP contribution in [0.1, 0.15) is 53.6 Å². The fourth-order valence-corrected chi connectivity index (χ4v) is 2.03. The number of aliphatic carboxylic acids is 1. The van der Waals surface area contributed by atoms with E-state index in [9.17, 15) is 9.59 Å². The van der Waals surface area contributed by atoms with Crippen LogP contribution in [0.3, 0.4) is 0 Å². The molecule has 1 aromatic carbocycles. The topological polar surface area (TPSA) is 66.4 Å². The summed E-state index contributed by atoms with van der Waals surface area (Å²) in [4.78, 5) is 22.3. The van der Waals surface area contributed by atoms with Crippen molar-refractivity contribution in [1.82, 2.24) is 5.32 Å². The minimum atomic E-state index is -0.742. The van der Waals surface area contributed by atoms with Gasteiger partial charge in [0.25, 0.3) is 5.91 Å². The van der Waals surface area contributed by atoms with Crippen LogP contribution < -0.4 is 5.32 Å². The highest BCUT2D eigenvalue weighted by atomic mass is 16.4. The van der Waals surface area contributed by atoms with E-state index in [4.69, 9.17) is 5.11 Å². The minimum absolute atomic E-state index is 0.0308. The van der Waals surface area contributed by atoms with E-state index in [1.165, 1.54) is 0 Å². The largest absolute Gasteiger partial charge is 0.481 e. The van der Waals surface area contributed by atoms with Crippen LogP contribution in [-0.4, -0.2) is 23.5 Å². The average Bonchev–Trinajstić information content (AvgIpc) is 2.39. The summed E-state index contributed by atoms with van der Waals surface area (Å²) < 4.78 is 0. The van der Waals surface area contributed by atoms with E-state index in [-0.39, 0.29) is 12.3 Å². The number of rotatable bonds is 8. The van der Waals surface area contributed by atoms with Crippen molar-refractivity contribution in [2.75, 3.05) is 6.54 Å². The number of carbonyl (C=O) groups is 2. The second kappa shape index (κ2) is 8.35. The van der Waals surface area contributed by atoms with Crippen LogP contribution in [0.15, 0.2) is 18.2 Å². The molecule has 2 N–H and O–H groups in total. The van der Waals surface area contributed by atoms with Crippen molar-refractivity contribution >= 4 is 11.9 Å². The molecule has 1 aromatic rings. The van der Waals surface area contributed by atoms with Gasteiger partial charge in [-0.2, -0.15) is 0 Å². The lowest BCUT2D eigenvalue weighted by atomic mass is 10.1. The van der Waals surface area contributed by atoms with Gasteiger partial charge >= 0.3 is 5.97 Å². The van der Waals surface area contributed by atoms with Crippen LogP contribution in [-0.2, 0) is 4.79 Å². The first-order valence-corrected chi connectivity index (χ1v) is 7.08. The Bertz CT molecular complexity index is 469. The van der Waals surface area contributed by atoms with Crippen molar-refractivity contribution in [3.63, 3.8) is 0 Å². The lowest BCUT2D eigenvalue weighted by Crippen LogP contribution is -2.25. The summed E-state index contributed by atoms with van der Waals surface area (Å²) in [7, 11) is 0. The monoisotopic (exact) mass is 277 g/mol. The van der Waals surface area contributed by atoms with Gasteiger partial charge in [0.1, 0.15) is 0 Å². The third-order valence-corrected chi connectivity index (χ3v) is 3.24. The molecule has 0 heterocycles. The van der Waals surface area contributed by atoms with E-state index in [1.807, 2.05) is 32.0 Å². The van der Waals surface area contributed by atoms with Crippen molar-refractivity contribution in [2.45, 2.75) is 46.0 Å². The van der Waals surface area contributed by atoms with Crippen LogP contribution >= 0.6 is 0 Å². The third kappa shape index (κ3) is 5.87. The molecule has 0 saturated carbocycles. The van der Waals surface area contributed by atoms with E-state index in [2.05, 4.69) is 5.32 Å². The van der Waals surface area contributed by atoms with Crippen molar-refractivity contribution in [1.29, 1.82) is 0 Å². The molecule has 0 unspecified atom stereocenters. The molecule has 110 valence electrons. The van der Waals surface area contributed by atoms with Gasteiger partial charge in [-0.3, -0.25) is 9.59 Å². The Balaban J connectivity index is 2.23. The van der Waals surface area contributed by atoms with Crippen LogP contribution in [0.5, 0.6) is 0 Å². The molecule has 4 heteroatoms. The van der Waals surface area contributed by atoms with Crippen molar-refractivity contribution < 1.29 is 14.7 Å². The van der Waals surface area contributed by atoms with E-state index in [1.54, 1.807) is 0 Å². The van der Waals surface area contributed by atoms with E-state index >= 15 is 0 Å². The van der Waals surface area contributed by atoms with Gasteiger partial charge in [-0.25, -0.2) is 0 Å². The fourth-order valence-electron chi connectivity index (χ4n) is 2.03. The van der Waals surface area contributed by atoms with Crippen LogP contribution in [0, 0.1) is 13.8 Å². The number of amides is 1. The summed E-state index contributed by atoms with van der Waals surface area (Å²) in [5.41, 5.74) is 2.79. The van der Waals surface area contributed by atoms with E-state index in [0.717, 1.165) is 36.0 Å². The maximum absolute atomic E-state index is 12.0. The SMILES string of the molecule is Cc1ccc(C)c(C(=O)NCCCCCCC(=O)O)c1. The summed E-state index contributed by atoms with van der Waals surface area (Å²) in [5, 5.41) is 11.4. The summed E-state index contributed by atoms with van der Waals surface area (Å²) in [5.74, 6) is -0.773. The van der Waals surface area contributed by atoms with Gasteiger partial charge in [0, 0.05) is 18.5 Å². The lowest BCUT2D eigenvalue weighted by Gasteiger charge is -2.08. The maximum Gasteiger partial charge on any atom is 0.303 e. The Labute approximate surface area is 120 Å². The number of nitrogens with one attached hydrogen (secondary N) is 1. The highest BCUT2D eigenvalue weighted by Gasteiger charge is 2.08. The zero-order valence-electron chi connectivity index (χ0n) is 12.2. The van der Waals surface area contributed by atoms with Gasteiger partial charge in [-0.1, -0.05) is 30.5 Å². The molecule has 0 aliphatic heterocycles. The first-order chi connectivity index (χ1) is 9.50. The van der Waals surface area contributed by atoms with Crippen molar-refractivity contribution in [3.05, 3.63) is 34.9 Å². The van der Waals surface area contributed by atoms with Crippen LogP contribution in [0.25, 0.3) is 0 Å². The van der Waals surface area contributed by atoms with Crippen LogP contribution in [0.2, 0.25) is 0 Å². The number of carboxylic acids is 1. The van der Waals surface area contributed by atoms with Crippen LogP contribution in [0.4, 0.5) is 0 Å². The Hall–Kier alpha value is -1.84. The first kappa shape index (κ1) is 16.2. The van der Waals surface area contributed by atoms with Crippen molar-refractivity contribution in [2.24, 2.45) is 0 Å². The number of unbranched alkanes of at least 4 members (excludes halogenated alkanes) is 3. The number of hydrogen-bond donors (Lipinski definition) is 2. The highest BCUT2D eigenvalue weighted by molar-refractivity contribution is 5.95. The summed E-state index contributed by atoms with van der Waals surface area (Å²) in [6, 6.07) is 5.85. The van der Waals surface area contributed by atoms with Gasteiger partial charge in [0.2, 0.25) is 0 Å². The highest BCUT2D eigenvalue weighted by Crippen LogP contribution is 2.10. The summed E-state index contributed by atoms with van der Waals surface area (Å²) in [6.07, 6.45) is 3.66. The van der Waals surface area contributed by atoms with Gasteiger partial charge in [0.05, 0.1) is 0 Å². The maximum atomic E-state index is 12.0. The fraction of sp³-hybridized carbons (Fsp3) is 0.500. The number of benzene rings is 1. The number of carboxylic acid groups (broad SMARTS) is 1. The van der Waals surface area contributed by atoms with Gasteiger partial charge < -0.3 is 10.4 Å². The Kier molecular flexibility index (Phi) is 6.77. The zero-order chi connectivity index (χ0) is 15.0. The molecule has 0 fully saturated rings.